The lowest BCUT2D eigenvalue weighted by Gasteiger charge is -2.08. The molecule has 0 unspecified atom stereocenters. The summed E-state index contributed by atoms with van der Waals surface area (Å²) in [4.78, 5) is 4.09. The molecule has 0 spiro atoms. The molecule has 2 aromatic rings. The number of hydrogen-bond donors (Lipinski definition) is 1. The van der Waals surface area contributed by atoms with Crippen molar-refractivity contribution in [3.8, 4) is 0 Å². The van der Waals surface area contributed by atoms with Crippen molar-refractivity contribution in [1.82, 2.24) is 4.98 Å². The number of anilines is 1. The topological polar surface area (TPSA) is 24.9 Å². The van der Waals surface area contributed by atoms with Gasteiger partial charge in [0.25, 0.3) is 0 Å². The van der Waals surface area contributed by atoms with Crippen LogP contribution in [0.1, 0.15) is 5.56 Å². The number of aromatic nitrogens is 1. The van der Waals surface area contributed by atoms with Crippen LogP contribution in [-0.4, -0.2) is 4.98 Å². The molecule has 1 aromatic carbocycles. The minimum atomic E-state index is -0.405. The van der Waals surface area contributed by atoms with Crippen LogP contribution in [0.25, 0.3) is 0 Å². The summed E-state index contributed by atoms with van der Waals surface area (Å²) < 4.78 is 13.7. The van der Waals surface area contributed by atoms with E-state index >= 15 is 0 Å². The standard InChI is InChI=1S/C12H9BrClFN2/c13-12-11(2-1-5-16-12)17-7-8-3-4-10(15)9(14)6-8/h1-6,17H,7H2. The van der Waals surface area contributed by atoms with Crippen molar-refractivity contribution in [2.45, 2.75) is 6.54 Å². The second-order valence-electron chi connectivity index (χ2n) is 3.44. The van der Waals surface area contributed by atoms with E-state index in [4.69, 9.17) is 11.6 Å². The minimum Gasteiger partial charge on any atom is -0.379 e. The first kappa shape index (κ1) is 12.3. The Morgan fingerprint density at radius 1 is 1.35 bits per heavy atom. The van der Waals surface area contributed by atoms with Crippen LogP contribution in [0.15, 0.2) is 41.1 Å². The number of pyridine rings is 1. The molecule has 0 fully saturated rings. The molecule has 1 heterocycles. The molecule has 0 atom stereocenters. The Kier molecular flexibility index (Phi) is 3.97. The zero-order chi connectivity index (χ0) is 12.3. The van der Waals surface area contributed by atoms with E-state index in [2.05, 4.69) is 26.2 Å². The SMILES string of the molecule is Fc1ccc(CNc2cccnc2Br)cc1Cl. The molecule has 17 heavy (non-hydrogen) atoms. The van der Waals surface area contributed by atoms with Crippen LogP contribution in [0, 0.1) is 5.82 Å². The maximum atomic E-state index is 13.0. The predicted molar refractivity (Wildman–Crippen MR) is 70.7 cm³/mol. The molecule has 5 heteroatoms. The van der Waals surface area contributed by atoms with E-state index in [-0.39, 0.29) is 5.02 Å². The fourth-order valence-corrected chi connectivity index (χ4v) is 1.96. The molecule has 0 radical (unpaired) electrons. The number of halogens is 3. The Labute approximate surface area is 112 Å². The summed E-state index contributed by atoms with van der Waals surface area (Å²) in [6.07, 6.45) is 1.70. The second kappa shape index (κ2) is 5.47. The zero-order valence-corrected chi connectivity index (χ0v) is 11.1. The molecule has 2 nitrogen and oxygen atoms in total. The molecule has 0 aliphatic heterocycles. The molecule has 0 saturated heterocycles. The molecular weight excluding hydrogens is 307 g/mol. The quantitative estimate of drug-likeness (QED) is 0.857. The normalized spacial score (nSPS) is 10.3. The fraction of sp³-hybridized carbons (Fsp3) is 0.0833. The Hall–Kier alpha value is -1.13. The number of benzene rings is 1. The number of hydrogen-bond acceptors (Lipinski definition) is 2. The lowest BCUT2D eigenvalue weighted by atomic mass is 10.2. The van der Waals surface area contributed by atoms with Crippen molar-refractivity contribution in [1.29, 1.82) is 0 Å². The molecule has 1 N–H and O–H groups in total. The molecule has 0 aliphatic rings. The minimum absolute atomic E-state index is 0.134. The van der Waals surface area contributed by atoms with Crippen LogP contribution in [0.2, 0.25) is 5.02 Å². The van der Waals surface area contributed by atoms with Gasteiger partial charge in [0, 0.05) is 12.7 Å². The lowest BCUT2D eigenvalue weighted by Crippen LogP contribution is -2.00. The van der Waals surface area contributed by atoms with Gasteiger partial charge in [0.1, 0.15) is 10.4 Å². The van der Waals surface area contributed by atoms with Crippen LogP contribution >= 0.6 is 27.5 Å². The maximum Gasteiger partial charge on any atom is 0.141 e. The lowest BCUT2D eigenvalue weighted by molar-refractivity contribution is 0.627. The van der Waals surface area contributed by atoms with Gasteiger partial charge >= 0.3 is 0 Å². The van der Waals surface area contributed by atoms with Gasteiger partial charge in [0.15, 0.2) is 0 Å². The average molecular weight is 316 g/mol. The summed E-state index contributed by atoms with van der Waals surface area (Å²) >= 11 is 9.04. The van der Waals surface area contributed by atoms with E-state index in [1.54, 1.807) is 18.3 Å². The molecule has 1 aromatic heterocycles. The van der Waals surface area contributed by atoms with E-state index < -0.39 is 5.82 Å². The first-order valence-corrected chi connectivity index (χ1v) is 6.12. The first-order chi connectivity index (χ1) is 8.16. The summed E-state index contributed by atoms with van der Waals surface area (Å²) in [7, 11) is 0. The largest absolute Gasteiger partial charge is 0.379 e. The maximum absolute atomic E-state index is 13.0. The molecule has 88 valence electrons. The molecule has 0 bridgehead atoms. The molecule has 0 saturated carbocycles. The number of rotatable bonds is 3. The van der Waals surface area contributed by atoms with E-state index in [1.807, 2.05) is 12.1 Å². The first-order valence-electron chi connectivity index (χ1n) is 4.95. The van der Waals surface area contributed by atoms with Crippen molar-refractivity contribution < 1.29 is 4.39 Å². The van der Waals surface area contributed by atoms with E-state index in [0.29, 0.717) is 6.54 Å². The number of nitrogens with zero attached hydrogens (tertiary/aromatic N) is 1. The Balaban J connectivity index is 2.08. The van der Waals surface area contributed by atoms with Gasteiger partial charge in [-0.15, -0.1) is 0 Å². The highest BCUT2D eigenvalue weighted by Crippen LogP contribution is 2.20. The van der Waals surface area contributed by atoms with Gasteiger partial charge in [-0.2, -0.15) is 0 Å². The van der Waals surface area contributed by atoms with Gasteiger partial charge in [0.2, 0.25) is 0 Å². The van der Waals surface area contributed by atoms with E-state index in [0.717, 1.165) is 15.9 Å². The van der Waals surface area contributed by atoms with Gasteiger partial charge in [-0.1, -0.05) is 17.7 Å². The van der Waals surface area contributed by atoms with Crippen LogP contribution in [0.3, 0.4) is 0 Å². The highest BCUT2D eigenvalue weighted by atomic mass is 79.9. The Bertz CT molecular complexity index is 534. The third-order valence-electron chi connectivity index (χ3n) is 2.23. The van der Waals surface area contributed by atoms with Crippen molar-refractivity contribution in [2.24, 2.45) is 0 Å². The van der Waals surface area contributed by atoms with Crippen LogP contribution in [0.5, 0.6) is 0 Å². The fourth-order valence-electron chi connectivity index (χ4n) is 1.36. The summed E-state index contributed by atoms with van der Waals surface area (Å²) in [5.74, 6) is -0.405. The summed E-state index contributed by atoms with van der Waals surface area (Å²) in [5.41, 5.74) is 1.79. The van der Waals surface area contributed by atoms with Crippen molar-refractivity contribution in [3.63, 3.8) is 0 Å². The van der Waals surface area contributed by atoms with E-state index in [1.165, 1.54) is 6.07 Å². The monoisotopic (exact) mass is 314 g/mol. The molecular formula is C12H9BrClFN2. The summed E-state index contributed by atoms with van der Waals surface area (Å²) in [5, 5.41) is 3.32. The predicted octanol–water partition coefficient (Wildman–Crippen LogP) is 4.25. The van der Waals surface area contributed by atoms with Gasteiger partial charge in [0.05, 0.1) is 10.7 Å². The molecule has 2 rings (SSSR count). The van der Waals surface area contributed by atoms with Crippen LogP contribution < -0.4 is 5.32 Å². The van der Waals surface area contributed by atoms with Gasteiger partial charge in [-0.05, 0) is 45.8 Å². The van der Waals surface area contributed by atoms with Crippen molar-refractivity contribution in [2.75, 3.05) is 5.32 Å². The van der Waals surface area contributed by atoms with Crippen LogP contribution in [0.4, 0.5) is 10.1 Å². The van der Waals surface area contributed by atoms with Gasteiger partial charge in [-0.3, -0.25) is 0 Å². The Morgan fingerprint density at radius 2 is 2.18 bits per heavy atom. The van der Waals surface area contributed by atoms with Crippen LogP contribution in [-0.2, 0) is 6.54 Å². The highest BCUT2D eigenvalue weighted by molar-refractivity contribution is 9.10. The molecule has 0 amide bonds. The van der Waals surface area contributed by atoms with Crippen molar-refractivity contribution in [3.05, 3.63) is 57.5 Å². The summed E-state index contributed by atoms with van der Waals surface area (Å²) in [6.45, 7) is 0.560. The second-order valence-corrected chi connectivity index (χ2v) is 4.60. The van der Waals surface area contributed by atoms with Gasteiger partial charge in [-0.25, -0.2) is 9.37 Å². The molecule has 0 aliphatic carbocycles. The smallest absolute Gasteiger partial charge is 0.141 e. The number of nitrogens with one attached hydrogen (secondary N) is 1. The Morgan fingerprint density at radius 3 is 2.88 bits per heavy atom. The summed E-state index contributed by atoms with van der Waals surface area (Å²) in [6, 6.07) is 8.40. The highest BCUT2D eigenvalue weighted by Gasteiger charge is 2.02. The van der Waals surface area contributed by atoms with E-state index in [9.17, 15) is 4.39 Å². The average Bonchev–Trinajstić information content (AvgIpc) is 2.32. The third kappa shape index (κ3) is 3.17. The zero-order valence-electron chi connectivity index (χ0n) is 8.75. The third-order valence-corrected chi connectivity index (χ3v) is 3.15. The van der Waals surface area contributed by atoms with Crippen molar-refractivity contribution >= 4 is 33.2 Å². The van der Waals surface area contributed by atoms with Gasteiger partial charge < -0.3 is 5.32 Å².